The van der Waals surface area contributed by atoms with Crippen molar-refractivity contribution in [3.05, 3.63) is 29.6 Å². The Labute approximate surface area is 113 Å². The lowest BCUT2D eigenvalue weighted by Gasteiger charge is -2.25. The molecule has 5 nitrogen and oxygen atoms in total. The van der Waals surface area contributed by atoms with E-state index in [-0.39, 0.29) is 18.5 Å². The Hall–Kier alpha value is -1.91. The third-order valence-corrected chi connectivity index (χ3v) is 2.65. The van der Waals surface area contributed by atoms with Crippen molar-refractivity contribution < 1.29 is 14.3 Å². The molecule has 19 heavy (non-hydrogen) atoms. The molecule has 0 aliphatic carbocycles. The van der Waals surface area contributed by atoms with Crippen LogP contribution in [0.25, 0.3) is 0 Å². The van der Waals surface area contributed by atoms with E-state index in [1.54, 1.807) is 19.1 Å². The topological polar surface area (TPSA) is 59.5 Å². The quantitative estimate of drug-likeness (QED) is 0.761. The Morgan fingerprint density at radius 1 is 1.37 bits per heavy atom. The summed E-state index contributed by atoms with van der Waals surface area (Å²) >= 11 is 0. The standard InChI is InChI=1S/C14H20N2O3/c1-5-19-13(17)9-16(10(2)3)14(18)12-7-6-11(4)15-8-12/h6-8,10H,5,9H2,1-4H3. The summed E-state index contributed by atoms with van der Waals surface area (Å²) in [6.45, 7) is 7.58. The molecule has 0 unspecified atom stereocenters. The van der Waals surface area contributed by atoms with Gasteiger partial charge in [-0.25, -0.2) is 0 Å². The molecular weight excluding hydrogens is 244 g/mol. The zero-order valence-electron chi connectivity index (χ0n) is 11.8. The largest absolute Gasteiger partial charge is 0.465 e. The number of aryl methyl sites for hydroxylation is 1. The van der Waals surface area contributed by atoms with Crippen molar-refractivity contribution in [1.82, 2.24) is 9.88 Å². The summed E-state index contributed by atoms with van der Waals surface area (Å²) in [7, 11) is 0. The summed E-state index contributed by atoms with van der Waals surface area (Å²) in [6.07, 6.45) is 1.53. The summed E-state index contributed by atoms with van der Waals surface area (Å²) in [5.41, 5.74) is 1.32. The fourth-order valence-electron chi connectivity index (χ4n) is 1.59. The third kappa shape index (κ3) is 4.35. The highest BCUT2D eigenvalue weighted by atomic mass is 16.5. The summed E-state index contributed by atoms with van der Waals surface area (Å²) in [6, 6.07) is 3.40. The Morgan fingerprint density at radius 2 is 2.05 bits per heavy atom. The maximum absolute atomic E-state index is 12.3. The second kappa shape index (κ2) is 6.87. The molecule has 0 atom stereocenters. The van der Waals surface area contributed by atoms with E-state index in [1.165, 1.54) is 11.1 Å². The molecule has 104 valence electrons. The Kier molecular flexibility index (Phi) is 5.48. The van der Waals surface area contributed by atoms with Gasteiger partial charge >= 0.3 is 5.97 Å². The maximum Gasteiger partial charge on any atom is 0.325 e. The first-order chi connectivity index (χ1) is 8.95. The molecule has 1 heterocycles. The van der Waals surface area contributed by atoms with Crippen LogP contribution in [0.3, 0.4) is 0 Å². The summed E-state index contributed by atoms with van der Waals surface area (Å²) in [5, 5.41) is 0. The minimum atomic E-state index is -0.398. The predicted molar refractivity (Wildman–Crippen MR) is 71.8 cm³/mol. The van der Waals surface area contributed by atoms with E-state index < -0.39 is 5.97 Å². The van der Waals surface area contributed by atoms with Crippen LogP contribution in [0.1, 0.15) is 36.8 Å². The fourth-order valence-corrected chi connectivity index (χ4v) is 1.59. The van der Waals surface area contributed by atoms with Crippen LogP contribution in [-0.4, -0.2) is 41.0 Å². The van der Waals surface area contributed by atoms with E-state index in [2.05, 4.69) is 4.98 Å². The first-order valence-corrected chi connectivity index (χ1v) is 6.35. The molecule has 0 saturated heterocycles. The smallest absolute Gasteiger partial charge is 0.325 e. The molecule has 0 bridgehead atoms. The number of carbonyl (C=O) groups excluding carboxylic acids is 2. The van der Waals surface area contributed by atoms with Gasteiger partial charge in [0.25, 0.3) is 5.91 Å². The predicted octanol–water partition coefficient (Wildman–Crippen LogP) is 1.80. The highest BCUT2D eigenvalue weighted by Gasteiger charge is 2.22. The van der Waals surface area contributed by atoms with Gasteiger partial charge < -0.3 is 9.64 Å². The van der Waals surface area contributed by atoms with Gasteiger partial charge in [-0.3, -0.25) is 14.6 Å². The lowest BCUT2D eigenvalue weighted by molar-refractivity contribution is -0.144. The second-order valence-electron chi connectivity index (χ2n) is 4.52. The van der Waals surface area contributed by atoms with Crippen molar-refractivity contribution in [2.75, 3.05) is 13.2 Å². The Bertz CT molecular complexity index is 441. The highest BCUT2D eigenvalue weighted by molar-refractivity contribution is 5.95. The molecule has 0 aliphatic heterocycles. The van der Waals surface area contributed by atoms with Crippen molar-refractivity contribution in [3.63, 3.8) is 0 Å². The van der Waals surface area contributed by atoms with Gasteiger partial charge in [0.2, 0.25) is 0 Å². The lowest BCUT2D eigenvalue weighted by Crippen LogP contribution is -2.41. The molecule has 5 heteroatoms. The first-order valence-electron chi connectivity index (χ1n) is 6.35. The molecular formula is C14H20N2O3. The van der Waals surface area contributed by atoms with Gasteiger partial charge in [0, 0.05) is 17.9 Å². The summed E-state index contributed by atoms with van der Waals surface area (Å²) < 4.78 is 4.88. The first kappa shape index (κ1) is 15.1. The van der Waals surface area contributed by atoms with Crippen LogP contribution in [-0.2, 0) is 9.53 Å². The van der Waals surface area contributed by atoms with Crippen molar-refractivity contribution in [3.8, 4) is 0 Å². The van der Waals surface area contributed by atoms with Gasteiger partial charge in [0.15, 0.2) is 0 Å². The van der Waals surface area contributed by atoms with Crippen LogP contribution >= 0.6 is 0 Å². The van der Waals surface area contributed by atoms with E-state index in [0.29, 0.717) is 12.2 Å². The fraction of sp³-hybridized carbons (Fsp3) is 0.500. The maximum atomic E-state index is 12.3. The number of pyridine rings is 1. The van der Waals surface area contributed by atoms with Crippen LogP contribution in [0.15, 0.2) is 18.3 Å². The second-order valence-corrected chi connectivity index (χ2v) is 4.52. The molecule has 0 aromatic carbocycles. The van der Waals surface area contributed by atoms with E-state index >= 15 is 0 Å². The number of hydrogen-bond donors (Lipinski definition) is 0. The number of carbonyl (C=O) groups is 2. The van der Waals surface area contributed by atoms with Gasteiger partial charge in [0.1, 0.15) is 6.54 Å². The number of aromatic nitrogens is 1. The summed E-state index contributed by atoms with van der Waals surface area (Å²) in [5.74, 6) is -0.611. The highest BCUT2D eigenvalue weighted by Crippen LogP contribution is 2.08. The minimum Gasteiger partial charge on any atom is -0.465 e. The number of nitrogens with zero attached hydrogens (tertiary/aromatic N) is 2. The van der Waals surface area contributed by atoms with E-state index in [0.717, 1.165) is 5.69 Å². The van der Waals surface area contributed by atoms with Crippen LogP contribution in [0.4, 0.5) is 0 Å². The van der Waals surface area contributed by atoms with Crippen LogP contribution in [0.2, 0.25) is 0 Å². The lowest BCUT2D eigenvalue weighted by atomic mass is 10.2. The summed E-state index contributed by atoms with van der Waals surface area (Å²) in [4.78, 5) is 29.4. The SMILES string of the molecule is CCOC(=O)CN(C(=O)c1ccc(C)nc1)C(C)C. The molecule has 0 radical (unpaired) electrons. The van der Waals surface area contributed by atoms with E-state index in [9.17, 15) is 9.59 Å². The van der Waals surface area contributed by atoms with Crippen LogP contribution in [0, 0.1) is 6.92 Å². The molecule has 1 amide bonds. The van der Waals surface area contributed by atoms with Crippen molar-refractivity contribution in [2.45, 2.75) is 33.7 Å². The number of rotatable bonds is 5. The average Bonchev–Trinajstić information content (AvgIpc) is 2.36. The average molecular weight is 264 g/mol. The molecule has 0 spiro atoms. The molecule has 0 saturated carbocycles. The zero-order valence-corrected chi connectivity index (χ0v) is 11.8. The Morgan fingerprint density at radius 3 is 2.53 bits per heavy atom. The van der Waals surface area contributed by atoms with Crippen LogP contribution in [0.5, 0.6) is 0 Å². The van der Waals surface area contributed by atoms with Gasteiger partial charge in [-0.2, -0.15) is 0 Å². The van der Waals surface area contributed by atoms with Crippen molar-refractivity contribution in [2.24, 2.45) is 0 Å². The monoisotopic (exact) mass is 264 g/mol. The molecule has 0 fully saturated rings. The number of amides is 1. The molecule has 1 aromatic heterocycles. The van der Waals surface area contributed by atoms with E-state index in [4.69, 9.17) is 4.74 Å². The van der Waals surface area contributed by atoms with Gasteiger partial charge in [-0.05, 0) is 39.8 Å². The van der Waals surface area contributed by atoms with Crippen molar-refractivity contribution >= 4 is 11.9 Å². The zero-order chi connectivity index (χ0) is 14.4. The van der Waals surface area contributed by atoms with E-state index in [1.807, 2.05) is 20.8 Å². The molecule has 0 aliphatic rings. The van der Waals surface area contributed by atoms with Crippen molar-refractivity contribution in [1.29, 1.82) is 0 Å². The van der Waals surface area contributed by atoms with Gasteiger partial charge in [-0.15, -0.1) is 0 Å². The third-order valence-electron chi connectivity index (χ3n) is 2.65. The minimum absolute atomic E-state index is 0.0434. The normalized spacial score (nSPS) is 10.4. The van der Waals surface area contributed by atoms with Gasteiger partial charge in [0.05, 0.1) is 12.2 Å². The number of ether oxygens (including phenoxy) is 1. The number of hydrogen-bond acceptors (Lipinski definition) is 4. The van der Waals surface area contributed by atoms with Crippen LogP contribution < -0.4 is 0 Å². The molecule has 1 aromatic rings. The number of esters is 1. The Balaban J connectivity index is 2.84. The molecule has 0 N–H and O–H groups in total. The van der Waals surface area contributed by atoms with Gasteiger partial charge in [-0.1, -0.05) is 0 Å². The molecule has 1 rings (SSSR count).